The van der Waals surface area contributed by atoms with Gasteiger partial charge in [-0.2, -0.15) is 9.78 Å². The molecule has 33 heavy (non-hydrogen) atoms. The first-order valence-corrected chi connectivity index (χ1v) is 10.5. The van der Waals surface area contributed by atoms with Crippen LogP contribution in [0.5, 0.6) is 0 Å². The molecular weight excluding hydrogens is 420 g/mol. The fourth-order valence-electron chi connectivity index (χ4n) is 3.64. The Balaban J connectivity index is 1.78. The Hall–Kier alpha value is -4.20. The first-order chi connectivity index (χ1) is 15.9. The Morgan fingerprint density at radius 3 is 2.73 bits per heavy atom. The first-order valence-electron chi connectivity index (χ1n) is 10.5. The summed E-state index contributed by atoms with van der Waals surface area (Å²) >= 11 is 0. The van der Waals surface area contributed by atoms with Gasteiger partial charge in [0, 0.05) is 11.5 Å². The predicted molar refractivity (Wildman–Crippen MR) is 125 cm³/mol. The number of aryl methyl sites for hydroxylation is 3. The van der Waals surface area contributed by atoms with Crippen LogP contribution in [-0.4, -0.2) is 33.2 Å². The van der Waals surface area contributed by atoms with Crippen molar-refractivity contribution >= 4 is 34.7 Å². The van der Waals surface area contributed by atoms with Crippen LogP contribution in [0.3, 0.4) is 0 Å². The Bertz CT molecular complexity index is 1370. The molecule has 0 aliphatic heterocycles. The number of aromatic nitrogens is 3. The summed E-state index contributed by atoms with van der Waals surface area (Å²) in [6.07, 6.45) is 5.73. The SMILES string of the molecule is CCOC(=O)c1cnn(-c2cc(C)c3cc(C)cc(C)c3n2)c1NC(=O)/C=C/c1ccco1. The molecule has 1 aromatic carbocycles. The highest BCUT2D eigenvalue weighted by molar-refractivity contribution is 6.05. The van der Waals surface area contributed by atoms with Crippen molar-refractivity contribution in [3.8, 4) is 5.82 Å². The van der Waals surface area contributed by atoms with Gasteiger partial charge in [0.05, 0.1) is 24.6 Å². The van der Waals surface area contributed by atoms with E-state index in [2.05, 4.69) is 22.5 Å². The number of rotatable bonds is 6. The molecule has 1 amide bonds. The molecule has 0 saturated carbocycles. The number of carbonyl (C=O) groups excluding carboxylic acids is 2. The molecular formula is C25H24N4O4. The molecule has 4 aromatic rings. The van der Waals surface area contributed by atoms with Crippen molar-refractivity contribution in [3.63, 3.8) is 0 Å². The van der Waals surface area contributed by atoms with Crippen LogP contribution in [0.2, 0.25) is 0 Å². The normalized spacial score (nSPS) is 11.3. The summed E-state index contributed by atoms with van der Waals surface area (Å²) in [5.74, 6) is 0.148. The highest BCUT2D eigenvalue weighted by Crippen LogP contribution is 2.27. The molecule has 0 aliphatic rings. The van der Waals surface area contributed by atoms with Crippen LogP contribution in [0.1, 0.15) is 39.7 Å². The summed E-state index contributed by atoms with van der Waals surface area (Å²) in [6.45, 7) is 7.95. The largest absolute Gasteiger partial charge is 0.465 e. The van der Waals surface area contributed by atoms with Crippen molar-refractivity contribution in [1.82, 2.24) is 14.8 Å². The van der Waals surface area contributed by atoms with E-state index >= 15 is 0 Å². The Labute approximate surface area is 190 Å². The lowest BCUT2D eigenvalue weighted by Gasteiger charge is -2.13. The number of fused-ring (bicyclic) bond motifs is 1. The number of furan rings is 1. The Morgan fingerprint density at radius 2 is 2.00 bits per heavy atom. The Morgan fingerprint density at radius 1 is 1.18 bits per heavy atom. The van der Waals surface area contributed by atoms with Gasteiger partial charge in [-0.05, 0) is 69.2 Å². The number of hydrogen-bond acceptors (Lipinski definition) is 6. The minimum Gasteiger partial charge on any atom is -0.465 e. The second-order valence-corrected chi connectivity index (χ2v) is 7.65. The molecule has 0 radical (unpaired) electrons. The number of esters is 1. The summed E-state index contributed by atoms with van der Waals surface area (Å²) in [6, 6.07) is 9.47. The maximum Gasteiger partial charge on any atom is 0.343 e. The molecule has 4 rings (SSSR count). The van der Waals surface area contributed by atoms with Crippen molar-refractivity contribution in [3.05, 3.63) is 76.9 Å². The lowest BCUT2D eigenvalue weighted by atomic mass is 10.0. The number of benzene rings is 1. The van der Waals surface area contributed by atoms with Gasteiger partial charge in [-0.3, -0.25) is 4.79 Å². The lowest BCUT2D eigenvalue weighted by molar-refractivity contribution is -0.111. The average molecular weight is 444 g/mol. The summed E-state index contributed by atoms with van der Waals surface area (Å²) in [7, 11) is 0. The molecule has 0 aliphatic carbocycles. The molecule has 0 bridgehead atoms. The summed E-state index contributed by atoms with van der Waals surface area (Å²) in [5, 5.41) is 8.13. The quantitative estimate of drug-likeness (QED) is 0.340. The zero-order valence-corrected chi connectivity index (χ0v) is 18.9. The summed E-state index contributed by atoms with van der Waals surface area (Å²) in [5.41, 5.74) is 4.15. The summed E-state index contributed by atoms with van der Waals surface area (Å²) < 4.78 is 11.8. The van der Waals surface area contributed by atoms with Crippen LogP contribution in [0.15, 0.2) is 53.3 Å². The number of amides is 1. The number of anilines is 1. The van der Waals surface area contributed by atoms with E-state index in [0.29, 0.717) is 11.6 Å². The number of ether oxygens (including phenoxy) is 1. The van der Waals surface area contributed by atoms with Crippen molar-refractivity contribution in [2.75, 3.05) is 11.9 Å². The van der Waals surface area contributed by atoms with Crippen LogP contribution in [0, 0.1) is 20.8 Å². The number of pyridine rings is 1. The minimum atomic E-state index is -0.585. The van der Waals surface area contributed by atoms with Gasteiger partial charge in [0.2, 0.25) is 5.91 Å². The van der Waals surface area contributed by atoms with E-state index in [1.54, 1.807) is 19.1 Å². The molecule has 1 N–H and O–H groups in total. The third kappa shape index (κ3) is 4.55. The molecule has 3 heterocycles. The molecule has 0 atom stereocenters. The van der Waals surface area contributed by atoms with Gasteiger partial charge in [-0.15, -0.1) is 0 Å². The number of nitrogens with zero attached hydrogens (tertiary/aromatic N) is 3. The van der Waals surface area contributed by atoms with Crippen molar-refractivity contribution < 1.29 is 18.7 Å². The van der Waals surface area contributed by atoms with Crippen LogP contribution in [0.4, 0.5) is 5.82 Å². The lowest BCUT2D eigenvalue weighted by Crippen LogP contribution is -2.16. The average Bonchev–Trinajstić information content (AvgIpc) is 3.43. The maximum absolute atomic E-state index is 12.6. The highest BCUT2D eigenvalue weighted by Gasteiger charge is 2.22. The molecule has 0 unspecified atom stereocenters. The molecule has 0 fully saturated rings. The molecule has 8 heteroatoms. The molecule has 8 nitrogen and oxygen atoms in total. The van der Waals surface area contributed by atoms with Gasteiger partial charge < -0.3 is 14.5 Å². The van der Waals surface area contributed by atoms with E-state index in [9.17, 15) is 9.59 Å². The second-order valence-electron chi connectivity index (χ2n) is 7.65. The summed E-state index contributed by atoms with van der Waals surface area (Å²) in [4.78, 5) is 30.0. The van der Waals surface area contributed by atoms with Crippen molar-refractivity contribution in [2.24, 2.45) is 0 Å². The van der Waals surface area contributed by atoms with E-state index < -0.39 is 11.9 Å². The smallest absolute Gasteiger partial charge is 0.343 e. The van der Waals surface area contributed by atoms with Crippen LogP contribution < -0.4 is 5.32 Å². The topological polar surface area (TPSA) is 99.2 Å². The first kappa shape index (κ1) is 22.0. The van der Waals surface area contributed by atoms with Crippen LogP contribution >= 0.6 is 0 Å². The van der Waals surface area contributed by atoms with E-state index in [4.69, 9.17) is 14.1 Å². The van der Waals surface area contributed by atoms with Gasteiger partial charge in [0.1, 0.15) is 11.3 Å². The highest BCUT2D eigenvalue weighted by atomic mass is 16.5. The van der Waals surface area contributed by atoms with Crippen LogP contribution in [0.25, 0.3) is 22.8 Å². The number of nitrogens with one attached hydrogen (secondary N) is 1. The molecule has 3 aromatic heterocycles. The third-order valence-corrected chi connectivity index (χ3v) is 5.11. The standard InChI is InChI=1S/C25H24N4O4/c1-5-32-25(31)20-14-26-29(24(20)28-22(30)9-8-18-7-6-10-33-18)21-13-16(3)19-12-15(2)11-17(4)23(19)27-21/h6-14H,5H2,1-4H3,(H,28,30)/b9-8+. The maximum atomic E-state index is 12.6. The van der Waals surface area contributed by atoms with Crippen molar-refractivity contribution in [1.29, 1.82) is 0 Å². The molecule has 0 spiro atoms. The van der Waals surface area contributed by atoms with Crippen molar-refractivity contribution in [2.45, 2.75) is 27.7 Å². The third-order valence-electron chi connectivity index (χ3n) is 5.11. The Kier molecular flexibility index (Phi) is 6.08. The van der Waals surface area contributed by atoms with E-state index in [0.717, 1.165) is 27.6 Å². The van der Waals surface area contributed by atoms with E-state index in [1.165, 1.54) is 29.3 Å². The van der Waals surface area contributed by atoms with Crippen LogP contribution in [-0.2, 0) is 9.53 Å². The second kappa shape index (κ2) is 9.12. The van der Waals surface area contributed by atoms with Gasteiger partial charge >= 0.3 is 5.97 Å². The fourth-order valence-corrected chi connectivity index (χ4v) is 3.64. The number of carbonyl (C=O) groups is 2. The van der Waals surface area contributed by atoms with Gasteiger partial charge in [0.25, 0.3) is 0 Å². The van der Waals surface area contributed by atoms with Gasteiger partial charge in [0.15, 0.2) is 11.6 Å². The zero-order chi connectivity index (χ0) is 23.5. The predicted octanol–water partition coefficient (Wildman–Crippen LogP) is 4.77. The van der Waals surface area contributed by atoms with Gasteiger partial charge in [-0.25, -0.2) is 9.78 Å². The fraction of sp³-hybridized carbons (Fsp3) is 0.200. The minimum absolute atomic E-state index is 0.136. The molecule has 168 valence electrons. The van der Waals surface area contributed by atoms with Gasteiger partial charge in [-0.1, -0.05) is 11.6 Å². The zero-order valence-electron chi connectivity index (χ0n) is 18.9. The number of hydrogen-bond donors (Lipinski definition) is 1. The monoisotopic (exact) mass is 444 g/mol. The van der Waals surface area contributed by atoms with E-state index in [1.807, 2.05) is 26.8 Å². The molecule has 0 saturated heterocycles. The van der Waals surface area contributed by atoms with E-state index in [-0.39, 0.29) is 18.0 Å².